The highest BCUT2D eigenvalue weighted by molar-refractivity contribution is 5.59. The SMILES string of the molecule is CCc1nc(-c2ccc(/C=C/C3(O)CN4CCC3CC4)cc2)no1. The smallest absolute Gasteiger partial charge is 0.226 e. The Morgan fingerprint density at radius 2 is 2.04 bits per heavy atom. The average Bonchev–Trinajstić information content (AvgIpc) is 3.10. The Balaban J connectivity index is 1.49. The summed E-state index contributed by atoms with van der Waals surface area (Å²) in [6.45, 7) is 5.00. The maximum atomic E-state index is 10.9. The highest BCUT2D eigenvalue weighted by Crippen LogP contribution is 2.36. The molecule has 3 aliphatic heterocycles. The van der Waals surface area contributed by atoms with Crippen LogP contribution in [0.25, 0.3) is 17.5 Å². The van der Waals surface area contributed by atoms with Gasteiger partial charge < -0.3 is 14.5 Å². The number of hydrogen-bond donors (Lipinski definition) is 1. The first-order valence-electron chi connectivity index (χ1n) is 8.73. The van der Waals surface area contributed by atoms with Crippen LogP contribution in [0.2, 0.25) is 0 Å². The molecule has 0 aliphatic carbocycles. The molecule has 5 rings (SSSR count). The molecule has 1 unspecified atom stereocenters. The molecule has 4 heterocycles. The van der Waals surface area contributed by atoms with Crippen LogP contribution >= 0.6 is 0 Å². The second-order valence-corrected chi connectivity index (χ2v) is 6.86. The molecule has 1 atom stereocenters. The van der Waals surface area contributed by atoms with Crippen molar-refractivity contribution in [2.24, 2.45) is 5.92 Å². The summed E-state index contributed by atoms with van der Waals surface area (Å²) in [5.41, 5.74) is 1.33. The lowest BCUT2D eigenvalue weighted by Gasteiger charge is -2.49. The molecule has 2 aromatic rings. The van der Waals surface area contributed by atoms with Crippen molar-refractivity contribution in [3.8, 4) is 11.4 Å². The molecule has 0 spiro atoms. The van der Waals surface area contributed by atoms with Gasteiger partial charge >= 0.3 is 0 Å². The van der Waals surface area contributed by atoms with Crippen LogP contribution in [0.1, 0.15) is 31.2 Å². The molecule has 1 aromatic carbocycles. The number of nitrogens with zero attached hydrogens (tertiary/aromatic N) is 3. The Labute approximate surface area is 142 Å². The second kappa shape index (κ2) is 6.15. The van der Waals surface area contributed by atoms with Gasteiger partial charge in [-0.25, -0.2) is 0 Å². The molecule has 5 heteroatoms. The molecule has 24 heavy (non-hydrogen) atoms. The third-order valence-corrected chi connectivity index (χ3v) is 5.28. The van der Waals surface area contributed by atoms with Crippen LogP contribution in [0.4, 0.5) is 0 Å². The predicted octanol–water partition coefficient (Wildman–Crippen LogP) is 2.77. The van der Waals surface area contributed by atoms with E-state index in [1.165, 1.54) is 0 Å². The van der Waals surface area contributed by atoms with E-state index in [1.807, 2.05) is 43.3 Å². The third kappa shape index (κ3) is 2.89. The average molecular weight is 325 g/mol. The largest absolute Gasteiger partial charge is 0.384 e. The van der Waals surface area contributed by atoms with Crippen molar-refractivity contribution in [1.82, 2.24) is 15.0 Å². The van der Waals surface area contributed by atoms with E-state index in [1.54, 1.807) is 0 Å². The topological polar surface area (TPSA) is 62.4 Å². The number of benzene rings is 1. The first kappa shape index (κ1) is 15.5. The summed E-state index contributed by atoms with van der Waals surface area (Å²) in [6, 6.07) is 8.03. The number of aliphatic hydroxyl groups is 1. The molecule has 126 valence electrons. The summed E-state index contributed by atoms with van der Waals surface area (Å²) in [5, 5.41) is 14.9. The fourth-order valence-corrected chi connectivity index (χ4v) is 3.77. The number of aryl methyl sites for hydroxylation is 1. The van der Waals surface area contributed by atoms with Crippen LogP contribution in [0.15, 0.2) is 34.9 Å². The van der Waals surface area contributed by atoms with Crippen molar-refractivity contribution in [1.29, 1.82) is 0 Å². The van der Waals surface area contributed by atoms with E-state index in [0.717, 1.165) is 50.0 Å². The fourth-order valence-electron chi connectivity index (χ4n) is 3.77. The van der Waals surface area contributed by atoms with E-state index in [0.29, 0.717) is 17.6 Å². The molecular weight excluding hydrogens is 302 g/mol. The maximum absolute atomic E-state index is 10.9. The van der Waals surface area contributed by atoms with Gasteiger partial charge in [0, 0.05) is 18.5 Å². The van der Waals surface area contributed by atoms with Crippen molar-refractivity contribution in [2.45, 2.75) is 31.8 Å². The summed E-state index contributed by atoms with van der Waals surface area (Å²) in [4.78, 5) is 6.70. The first-order chi connectivity index (χ1) is 11.7. The number of fused-ring (bicyclic) bond motifs is 3. The summed E-state index contributed by atoms with van der Waals surface area (Å²) >= 11 is 0. The number of aromatic nitrogens is 2. The highest BCUT2D eigenvalue weighted by Gasteiger charge is 2.43. The normalized spacial score (nSPS) is 29.4. The fraction of sp³-hybridized carbons (Fsp3) is 0.474. The third-order valence-electron chi connectivity index (χ3n) is 5.28. The molecule has 0 saturated carbocycles. The van der Waals surface area contributed by atoms with Crippen LogP contribution in [0.5, 0.6) is 0 Å². The number of piperidine rings is 3. The lowest BCUT2D eigenvalue weighted by Crippen LogP contribution is -2.58. The van der Waals surface area contributed by atoms with E-state index < -0.39 is 5.60 Å². The van der Waals surface area contributed by atoms with Crippen molar-refractivity contribution >= 4 is 6.08 Å². The van der Waals surface area contributed by atoms with Crippen molar-refractivity contribution in [3.63, 3.8) is 0 Å². The van der Waals surface area contributed by atoms with E-state index in [2.05, 4.69) is 15.0 Å². The van der Waals surface area contributed by atoms with Crippen molar-refractivity contribution in [3.05, 3.63) is 41.8 Å². The zero-order chi connectivity index (χ0) is 16.6. The predicted molar refractivity (Wildman–Crippen MR) is 92.3 cm³/mol. The van der Waals surface area contributed by atoms with Crippen LogP contribution < -0.4 is 0 Å². The molecule has 2 bridgehead atoms. The van der Waals surface area contributed by atoms with Gasteiger partial charge in [-0.3, -0.25) is 0 Å². The zero-order valence-electron chi connectivity index (χ0n) is 14.0. The molecule has 3 fully saturated rings. The summed E-state index contributed by atoms with van der Waals surface area (Å²) in [7, 11) is 0. The van der Waals surface area contributed by atoms with Gasteiger partial charge in [0.25, 0.3) is 0 Å². The van der Waals surface area contributed by atoms with Crippen LogP contribution in [0, 0.1) is 5.92 Å². The zero-order valence-corrected chi connectivity index (χ0v) is 14.0. The second-order valence-electron chi connectivity index (χ2n) is 6.86. The number of rotatable bonds is 4. The highest BCUT2D eigenvalue weighted by atomic mass is 16.5. The van der Waals surface area contributed by atoms with E-state index in [4.69, 9.17) is 4.52 Å². The Kier molecular flexibility index (Phi) is 3.98. The van der Waals surface area contributed by atoms with Gasteiger partial charge in [0.2, 0.25) is 11.7 Å². The van der Waals surface area contributed by atoms with E-state index in [-0.39, 0.29) is 0 Å². The van der Waals surface area contributed by atoms with E-state index in [9.17, 15) is 5.11 Å². The Morgan fingerprint density at radius 3 is 2.62 bits per heavy atom. The molecule has 1 aromatic heterocycles. The Hall–Kier alpha value is -1.98. The standard InChI is InChI=1S/C19H23N3O2/c1-2-17-20-18(21-24-17)15-5-3-14(4-6-15)7-10-19(23)13-22-11-8-16(19)9-12-22/h3-7,10,16,23H,2,8-9,11-13H2,1H3/b10-7+. The Morgan fingerprint density at radius 1 is 1.29 bits per heavy atom. The maximum Gasteiger partial charge on any atom is 0.226 e. The van der Waals surface area contributed by atoms with Gasteiger partial charge in [-0.1, -0.05) is 48.5 Å². The summed E-state index contributed by atoms with van der Waals surface area (Å²) in [6.07, 6.45) is 6.94. The molecular formula is C19H23N3O2. The van der Waals surface area contributed by atoms with Crippen LogP contribution in [-0.4, -0.2) is 45.4 Å². The Bertz CT molecular complexity index is 729. The van der Waals surface area contributed by atoms with Gasteiger partial charge in [0.05, 0.1) is 5.60 Å². The minimum absolute atomic E-state index is 0.393. The first-order valence-corrected chi connectivity index (χ1v) is 8.73. The van der Waals surface area contributed by atoms with Gasteiger partial charge in [0.1, 0.15) is 0 Å². The molecule has 0 radical (unpaired) electrons. The van der Waals surface area contributed by atoms with E-state index >= 15 is 0 Å². The quantitative estimate of drug-likeness (QED) is 0.936. The van der Waals surface area contributed by atoms with Crippen molar-refractivity contribution < 1.29 is 9.63 Å². The minimum Gasteiger partial charge on any atom is -0.384 e. The summed E-state index contributed by atoms with van der Waals surface area (Å²) < 4.78 is 5.15. The lowest BCUT2D eigenvalue weighted by molar-refractivity contribution is -0.0775. The number of hydrogen-bond acceptors (Lipinski definition) is 5. The monoisotopic (exact) mass is 325 g/mol. The molecule has 0 amide bonds. The molecule has 1 N–H and O–H groups in total. The van der Waals surface area contributed by atoms with Gasteiger partial charge in [-0.2, -0.15) is 4.98 Å². The summed E-state index contributed by atoms with van der Waals surface area (Å²) in [5.74, 6) is 1.67. The van der Waals surface area contributed by atoms with Crippen LogP contribution in [0.3, 0.4) is 0 Å². The van der Waals surface area contributed by atoms with Gasteiger partial charge in [-0.15, -0.1) is 0 Å². The van der Waals surface area contributed by atoms with Crippen molar-refractivity contribution in [2.75, 3.05) is 19.6 Å². The van der Waals surface area contributed by atoms with Gasteiger partial charge in [0.15, 0.2) is 0 Å². The molecule has 5 nitrogen and oxygen atoms in total. The minimum atomic E-state index is -0.682. The molecule has 3 saturated heterocycles. The molecule has 3 aliphatic rings. The van der Waals surface area contributed by atoms with Crippen LogP contribution in [-0.2, 0) is 6.42 Å². The van der Waals surface area contributed by atoms with Gasteiger partial charge in [-0.05, 0) is 37.4 Å². The lowest BCUT2D eigenvalue weighted by atomic mass is 9.75.